The van der Waals surface area contributed by atoms with Crippen LogP contribution in [0.1, 0.15) is 20.3 Å². The third kappa shape index (κ3) is 4.56. The maximum absolute atomic E-state index is 10.3. The summed E-state index contributed by atoms with van der Waals surface area (Å²) in [6.07, 6.45) is 1.06. The summed E-state index contributed by atoms with van der Waals surface area (Å²) in [4.78, 5) is 10.3. The van der Waals surface area contributed by atoms with Crippen LogP contribution in [-0.4, -0.2) is 37.3 Å². The van der Waals surface area contributed by atoms with Crippen molar-refractivity contribution in [2.24, 2.45) is 16.9 Å². The SMILES string of the molecule is CCN/C(=N\[N+](=O)[O-])NCC1COCC1CC. The number of hydrazone groups is 1. The molecule has 0 bridgehead atoms. The number of ether oxygens (including phenoxy) is 1. The Morgan fingerprint density at radius 3 is 2.71 bits per heavy atom. The Kier molecular flexibility index (Phi) is 5.68. The number of nitro groups is 1. The summed E-state index contributed by atoms with van der Waals surface area (Å²) in [6.45, 7) is 6.73. The smallest absolute Gasteiger partial charge is 0.268 e. The van der Waals surface area contributed by atoms with E-state index in [-0.39, 0.29) is 5.96 Å². The molecule has 0 aliphatic carbocycles. The molecule has 0 amide bonds. The quantitative estimate of drug-likeness (QED) is 0.316. The molecule has 1 saturated heterocycles. The van der Waals surface area contributed by atoms with E-state index in [2.05, 4.69) is 22.7 Å². The first-order valence-corrected chi connectivity index (χ1v) is 5.95. The zero-order chi connectivity index (χ0) is 12.7. The van der Waals surface area contributed by atoms with E-state index in [9.17, 15) is 10.1 Å². The van der Waals surface area contributed by atoms with Crippen molar-refractivity contribution in [1.29, 1.82) is 0 Å². The first-order valence-electron chi connectivity index (χ1n) is 5.95. The highest BCUT2D eigenvalue weighted by Gasteiger charge is 2.26. The van der Waals surface area contributed by atoms with Gasteiger partial charge in [0, 0.05) is 25.6 Å². The van der Waals surface area contributed by atoms with E-state index in [1.165, 1.54) is 0 Å². The predicted octanol–water partition coefficient (Wildman–Crippen LogP) is 0.406. The Balaban J connectivity index is 2.43. The summed E-state index contributed by atoms with van der Waals surface area (Å²) < 4.78 is 5.40. The lowest BCUT2D eigenvalue weighted by Gasteiger charge is -2.17. The Hall–Kier alpha value is -1.37. The fourth-order valence-corrected chi connectivity index (χ4v) is 1.93. The molecule has 2 unspecified atom stereocenters. The molecule has 0 aromatic carbocycles. The Labute approximate surface area is 101 Å². The largest absolute Gasteiger partial charge is 0.381 e. The van der Waals surface area contributed by atoms with Crippen LogP contribution >= 0.6 is 0 Å². The molecular formula is C10H20N4O3. The molecule has 98 valence electrons. The third-order valence-corrected chi connectivity index (χ3v) is 2.91. The molecule has 0 aromatic rings. The lowest BCUT2D eigenvalue weighted by Crippen LogP contribution is -2.41. The fraction of sp³-hybridized carbons (Fsp3) is 0.900. The molecule has 1 rings (SSSR count). The fourth-order valence-electron chi connectivity index (χ4n) is 1.93. The number of nitrogens with zero attached hydrogens (tertiary/aromatic N) is 2. The highest BCUT2D eigenvalue weighted by Crippen LogP contribution is 2.22. The molecule has 1 heterocycles. The molecule has 2 atom stereocenters. The van der Waals surface area contributed by atoms with Crippen molar-refractivity contribution in [2.75, 3.05) is 26.3 Å². The van der Waals surface area contributed by atoms with Crippen molar-refractivity contribution in [1.82, 2.24) is 10.6 Å². The third-order valence-electron chi connectivity index (χ3n) is 2.91. The molecule has 1 fully saturated rings. The molecule has 0 saturated carbocycles. The van der Waals surface area contributed by atoms with Crippen molar-refractivity contribution in [3.05, 3.63) is 10.1 Å². The molecule has 0 aromatic heterocycles. The standard InChI is InChI=1S/C10H20N4O3/c1-3-8-6-17-7-9(8)5-12-10(11-4-2)13-14(15)16/h8-9H,3-7H2,1-2H3,(H2,11,12,13). The second-order valence-corrected chi connectivity index (χ2v) is 4.06. The topological polar surface area (TPSA) is 88.8 Å². The molecule has 1 aliphatic rings. The Morgan fingerprint density at radius 1 is 1.41 bits per heavy atom. The van der Waals surface area contributed by atoms with Crippen molar-refractivity contribution in [3.8, 4) is 0 Å². The molecule has 7 heteroatoms. The first-order chi connectivity index (χ1) is 8.17. The van der Waals surface area contributed by atoms with Gasteiger partial charge in [-0.2, -0.15) is 0 Å². The number of guanidine groups is 1. The van der Waals surface area contributed by atoms with Crippen LogP contribution in [0.3, 0.4) is 0 Å². The zero-order valence-corrected chi connectivity index (χ0v) is 10.3. The van der Waals surface area contributed by atoms with Crippen LogP contribution in [-0.2, 0) is 4.74 Å². The summed E-state index contributed by atoms with van der Waals surface area (Å²) >= 11 is 0. The number of nitrogens with one attached hydrogen (secondary N) is 2. The van der Waals surface area contributed by atoms with E-state index < -0.39 is 5.03 Å². The number of hydrogen-bond donors (Lipinski definition) is 2. The molecule has 17 heavy (non-hydrogen) atoms. The van der Waals surface area contributed by atoms with Gasteiger partial charge in [-0.25, -0.2) is 10.1 Å². The lowest BCUT2D eigenvalue weighted by atomic mass is 9.94. The van der Waals surface area contributed by atoms with Crippen LogP contribution in [0.25, 0.3) is 0 Å². The van der Waals surface area contributed by atoms with Gasteiger partial charge in [0.1, 0.15) is 5.10 Å². The highest BCUT2D eigenvalue weighted by molar-refractivity contribution is 5.79. The maximum Gasteiger partial charge on any atom is 0.268 e. The normalized spacial score (nSPS) is 24.7. The minimum absolute atomic E-state index is 0.222. The second kappa shape index (κ2) is 7.05. The van der Waals surface area contributed by atoms with Crippen LogP contribution in [0.4, 0.5) is 0 Å². The highest BCUT2D eigenvalue weighted by atomic mass is 16.7. The number of rotatable bonds is 5. The van der Waals surface area contributed by atoms with Crippen LogP contribution < -0.4 is 10.6 Å². The van der Waals surface area contributed by atoms with Gasteiger partial charge in [0.25, 0.3) is 5.96 Å². The maximum atomic E-state index is 10.3. The van der Waals surface area contributed by atoms with Gasteiger partial charge in [-0.3, -0.25) is 0 Å². The predicted molar refractivity (Wildman–Crippen MR) is 64.2 cm³/mol. The van der Waals surface area contributed by atoms with E-state index in [0.717, 1.165) is 13.0 Å². The van der Waals surface area contributed by atoms with E-state index in [4.69, 9.17) is 4.74 Å². The van der Waals surface area contributed by atoms with Gasteiger partial charge < -0.3 is 15.4 Å². The van der Waals surface area contributed by atoms with E-state index in [1.54, 1.807) is 0 Å². The van der Waals surface area contributed by atoms with Gasteiger partial charge in [0.2, 0.25) is 0 Å². The van der Waals surface area contributed by atoms with Gasteiger partial charge in [-0.05, 0) is 12.8 Å². The van der Waals surface area contributed by atoms with E-state index in [0.29, 0.717) is 31.5 Å². The molecule has 2 N–H and O–H groups in total. The van der Waals surface area contributed by atoms with E-state index >= 15 is 0 Å². The lowest BCUT2D eigenvalue weighted by molar-refractivity contribution is -0.485. The van der Waals surface area contributed by atoms with Gasteiger partial charge in [0.15, 0.2) is 5.03 Å². The van der Waals surface area contributed by atoms with Crippen LogP contribution in [0.5, 0.6) is 0 Å². The number of hydrogen-bond acceptors (Lipinski definition) is 3. The monoisotopic (exact) mass is 244 g/mol. The second-order valence-electron chi connectivity index (χ2n) is 4.06. The van der Waals surface area contributed by atoms with Crippen LogP contribution in [0, 0.1) is 22.0 Å². The van der Waals surface area contributed by atoms with Crippen molar-refractivity contribution >= 4 is 5.96 Å². The summed E-state index contributed by atoms with van der Waals surface area (Å²) in [5, 5.41) is 18.7. The summed E-state index contributed by atoms with van der Waals surface area (Å²) in [6, 6.07) is 0. The average Bonchev–Trinajstić information content (AvgIpc) is 2.72. The van der Waals surface area contributed by atoms with Crippen molar-refractivity contribution in [3.63, 3.8) is 0 Å². The van der Waals surface area contributed by atoms with Crippen LogP contribution in [0.15, 0.2) is 5.10 Å². The minimum Gasteiger partial charge on any atom is -0.381 e. The average molecular weight is 244 g/mol. The summed E-state index contributed by atoms with van der Waals surface area (Å²) in [5.41, 5.74) is 0. The van der Waals surface area contributed by atoms with Gasteiger partial charge in [0.05, 0.1) is 6.61 Å². The summed E-state index contributed by atoms with van der Waals surface area (Å²) in [7, 11) is 0. The molecule has 0 radical (unpaired) electrons. The van der Waals surface area contributed by atoms with Crippen molar-refractivity contribution in [2.45, 2.75) is 20.3 Å². The summed E-state index contributed by atoms with van der Waals surface area (Å²) in [5.74, 6) is 1.15. The zero-order valence-electron chi connectivity index (χ0n) is 10.3. The van der Waals surface area contributed by atoms with Gasteiger partial charge >= 0.3 is 0 Å². The molecule has 7 nitrogen and oxygen atoms in total. The first kappa shape index (κ1) is 13.7. The van der Waals surface area contributed by atoms with Crippen molar-refractivity contribution < 1.29 is 9.77 Å². The molecule has 0 spiro atoms. The van der Waals surface area contributed by atoms with Gasteiger partial charge in [-0.1, -0.05) is 13.3 Å². The Morgan fingerprint density at radius 2 is 2.12 bits per heavy atom. The Bertz CT molecular complexity index is 283. The molecular weight excluding hydrogens is 224 g/mol. The van der Waals surface area contributed by atoms with E-state index in [1.807, 2.05) is 6.92 Å². The minimum atomic E-state index is -0.701. The van der Waals surface area contributed by atoms with Gasteiger partial charge in [-0.15, -0.1) is 0 Å². The van der Waals surface area contributed by atoms with Crippen LogP contribution in [0.2, 0.25) is 0 Å². The molecule has 1 aliphatic heterocycles.